The maximum absolute atomic E-state index is 12.2. The molecule has 1 heterocycles. The quantitative estimate of drug-likeness (QED) is 0.742. The molecule has 0 aromatic heterocycles. The lowest BCUT2D eigenvalue weighted by molar-refractivity contribution is -0.149. The van der Waals surface area contributed by atoms with E-state index >= 15 is 0 Å². The highest BCUT2D eigenvalue weighted by atomic mass is 16.2. The van der Waals surface area contributed by atoms with Crippen molar-refractivity contribution in [3.63, 3.8) is 0 Å². The van der Waals surface area contributed by atoms with Crippen molar-refractivity contribution in [1.82, 2.24) is 10.2 Å². The third kappa shape index (κ3) is 2.51. The highest BCUT2D eigenvalue weighted by molar-refractivity contribution is 5.97. The summed E-state index contributed by atoms with van der Waals surface area (Å²) < 4.78 is 0. The molecule has 1 saturated carbocycles. The molecule has 2 unspecified atom stereocenters. The molecule has 2 rings (SSSR count). The van der Waals surface area contributed by atoms with E-state index < -0.39 is 0 Å². The number of nitrogens with one attached hydrogen (secondary N) is 1. The van der Waals surface area contributed by atoms with E-state index in [1.165, 1.54) is 0 Å². The van der Waals surface area contributed by atoms with Crippen LogP contribution in [0.1, 0.15) is 33.1 Å². The Morgan fingerprint density at radius 2 is 2.12 bits per heavy atom. The van der Waals surface area contributed by atoms with E-state index in [-0.39, 0.29) is 23.9 Å². The molecule has 2 atom stereocenters. The molecule has 4 nitrogen and oxygen atoms in total. The molecule has 2 fully saturated rings. The summed E-state index contributed by atoms with van der Waals surface area (Å²) in [4.78, 5) is 25.8. The van der Waals surface area contributed by atoms with Crippen molar-refractivity contribution >= 4 is 11.8 Å². The Morgan fingerprint density at radius 1 is 1.41 bits per heavy atom. The summed E-state index contributed by atoms with van der Waals surface area (Å²) in [6.07, 6.45) is 6.94. The number of nitrogens with zero attached hydrogens (tertiary/aromatic N) is 1. The number of amides is 2. The van der Waals surface area contributed by atoms with Gasteiger partial charge in [0, 0.05) is 6.54 Å². The van der Waals surface area contributed by atoms with Crippen LogP contribution >= 0.6 is 0 Å². The second-order valence-electron chi connectivity index (χ2n) is 4.89. The van der Waals surface area contributed by atoms with Crippen molar-refractivity contribution in [2.24, 2.45) is 5.92 Å². The van der Waals surface area contributed by atoms with Gasteiger partial charge in [0.1, 0.15) is 12.1 Å². The number of allylic oxidation sites excluding steroid dienone is 1. The summed E-state index contributed by atoms with van der Waals surface area (Å²) in [5, 5.41) is 2.85. The molecule has 0 radical (unpaired) electrons. The van der Waals surface area contributed by atoms with E-state index in [0.29, 0.717) is 12.5 Å². The fourth-order valence-electron chi connectivity index (χ4n) is 2.28. The highest BCUT2D eigenvalue weighted by Gasteiger charge is 2.45. The Kier molecular flexibility index (Phi) is 3.50. The second-order valence-corrected chi connectivity index (χ2v) is 4.89. The number of carbonyl (C=O) groups is 2. The van der Waals surface area contributed by atoms with Crippen LogP contribution in [-0.2, 0) is 9.59 Å². The Morgan fingerprint density at radius 3 is 2.71 bits per heavy atom. The summed E-state index contributed by atoms with van der Waals surface area (Å²) >= 11 is 0. The van der Waals surface area contributed by atoms with Crippen LogP contribution in [0.5, 0.6) is 0 Å². The van der Waals surface area contributed by atoms with E-state index in [1.54, 1.807) is 11.8 Å². The van der Waals surface area contributed by atoms with Crippen LogP contribution in [0.2, 0.25) is 0 Å². The lowest BCUT2D eigenvalue weighted by Crippen LogP contribution is -2.63. The third-order valence-electron chi connectivity index (χ3n) is 3.56. The normalized spacial score (nSPS) is 29.9. The van der Waals surface area contributed by atoms with E-state index in [2.05, 4.69) is 5.32 Å². The Labute approximate surface area is 102 Å². The summed E-state index contributed by atoms with van der Waals surface area (Å²) in [5.74, 6) is 0.467. The molecule has 1 N–H and O–H groups in total. The Bertz CT molecular complexity index is 347. The zero-order valence-electron chi connectivity index (χ0n) is 10.5. The summed E-state index contributed by atoms with van der Waals surface area (Å²) in [6.45, 7) is 4.40. The number of rotatable bonds is 4. The van der Waals surface area contributed by atoms with E-state index in [4.69, 9.17) is 0 Å². The minimum atomic E-state index is -0.331. The maximum atomic E-state index is 12.2. The first-order valence-electron chi connectivity index (χ1n) is 6.37. The molecule has 0 aromatic rings. The van der Waals surface area contributed by atoms with Crippen LogP contribution in [0.3, 0.4) is 0 Å². The van der Waals surface area contributed by atoms with E-state index in [9.17, 15) is 9.59 Å². The van der Waals surface area contributed by atoms with Crippen molar-refractivity contribution in [1.29, 1.82) is 0 Å². The average Bonchev–Trinajstić information content (AvgIpc) is 3.12. The first-order valence-corrected chi connectivity index (χ1v) is 6.37. The molecule has 1 saturated heterocycles. The van der Waals surface area contributed by atoms with Gasteiger partial charge in [0.2, 0.25) is 11.8 Å². The highest BCUT2D eigenvalue weighted by Crippen LogP contribution is 2.35. The van der Waals surface area contributed by atoms with Gasteiger partial charge in [-0.3, -0.25) is 9.59 Å². The predicted molar refractivity (Wildman–Crippen MR) is 65.3 cm³/mol. The van der Waals surface area contributed by atoms with Crippen molar-refractivity contribution in [3.8, 4) is 0 Å². The fourth-order valence-corrected chi connectivity index (χ4v) is 2.28. The Balaban J connectivity index is 2.04. The lowest BCUT2D eigenvalue weighted by atomic mass is 10.0. The molecule has 0 spiro atoms. The smallest absolute Gasteiger partial charge is 0.246 e. The van der Waals surface area contributed by atoms with Gasteiger partial charge in [0.05, 0.1) is 0 Å². The third-order valence-corrected chi connectivity index (χ3v) is 3.56. The molecular weight excluding hydrogens is 216 g/mol. The largest absolute Gasteiger partial charge is 0.342 e. The van der Waals surface area contributed by atoms with Gasteiger partial charge in [-0.1, -0.05) is 12.2 Å². The van der Waals surface area contributed by atoms with Crippen LogP contribution in [0.25, 0.3) is 0 Å². The number of piperazine rings is 1. The first kappa shape index (κ1) is 12.1. The zero-order chi connectivity index (χ0) is 12.4. The summed E-state index contributed by atoms with van der Waals surface area (Å²) in [7, 11) is 0. The molecule has 2 amide bonds. The van der Waals surface area contributed by atoms with Crippen LogP contribution in [0.4, 0.5) is 0 Å². The Hall–Kier alpha value is -1.32. The molecular formula is C13H20N2O2. The van der Waals surface area contributed by atoms with Gasteiger partial charge in [-0.05, 0) is 39.0 Å². The minimum absolute atomic E-state index is 0.0121. The topological polar surface area (TPSA) is 49.4 Å². The molecule has 1 aliphatic heterocycles. The molecule has 2 aliphatic rings. The van der Waals surface area contributed by atoms with Crippen LogP contribution in [-0.4, -0.2) is 35.3 Å². The van der Waals surface area contributed by atoms with Gasteiger partial charge >= 0.3 is 0 Å². The van der Waals surface area contributed by atoms with Gasteiger partial charge in [-0.15, -0.1) is 0 Å². The van der Waals surface area contributed by atoms with Crippen molar-refractivity contribution < 1.29 is 9.59 Å². The van der Waals surface area contributed by atoms with Crippen molar-refractivity contribution in [2.75, 3.05) is 6.54 Å². The van der Waals surface area contributed by atoms with Gasteiger partial charge in [0.25, 0.3) is 0 Å². The molecule has 0 aromatic carbocycles. The zero-order valence-corrected chi connectivity index (χ0v) is 10.5. The van der Waals surface area contributed by atoms with Gasteiger partial charge < -0.3 is 10.2 Å². The SMILES string of the molecule is C/C=C/CCN1C(=O)C(C2CC2)NC(=O)C1C. The van der Waals surface area contributed by atoms with Gasteiger partial charge in [-0.25, -0.2) is 0 Å². The average molecular weight is 236 g/mol. The van der Waals surface area contributed by atoms with E-state index in [1.807, 2.05) is 19.1 Å². The number of carbonyl (C=O) groups excluding carboxylic acids is 2. The summed E-state index contributed by atoms with van der Waals surface area (Å²) in [6, 6.07) is -0.591. The molecule has 0 bridgehead atoms. The molecule has 4 heteroatoms. The van der Waals surface area contributed by atoms with Crippen LogP contribution < -0.4 is 5.32 Å². The number of hydrogen-bond acceptors (Lipinski definition) is 2. The minimum Gasteiger partial charge on any atom is -0.342 e. The summed E-state index contributed by atoms with van der Waals surface area (Å²) in [5.41, 5.74) is 0. The number of hydrogen-bond donors (Lipinski definition) is 1. The second kappa shape index (κ2) is 4.90. The molecule has 1 aliphatic carbocycles. The van der Waals surface area contributed by atoms with E-state index in [0.717, 1.165) is 19.3 Å². The molecule has 94 valence electrons. The maximum Gasteiger partial charge on any atom is 0.246 e. The van der Waals surface area contributed by atoms with Crippen molar-refractivity contribution in [2.45, 2.75) is 45.2 Å². The fraction of sp³-hybridized carbons (Fsp3) is 0.692. The lowest BCUT2D eigenvalue weighted by Gasteiger charge is -2.37. The van der Waals surface area contributed by atoms with Crippen LogP contribution in [0, 0.1) is 5.92 Å². The van der Waals surface area contributed by atoms with Crippen molar-refractivity contribution in [3.05, 3.63) is 12.2 Å². The standard InChI is InChI=1S/C13H20N2O2/c1-3-4-5-8-15-9(2)12(16)14-11(13(15)17)10-6-7-10/h3-4,9-11H,5-8H2,1-2H3,(H,14,16)/b4-3+. The molecule has 17 heavy (non-hydrogen) atoms. The predicted octanol–water partition coefficient (Wildman–Crippen LogP) is 1.08. The van der Waals surface area contributed by atoms with Gasteiger partial charge in [0.15, 0.2) is 0 Å². The monoisotopic (exact) mass is 236 g/mol. The van der Waals surface area contributed by atoms with Gasteiger partial charge in [-0.2, -0.15) is 0 Å². The van der Waals surface area contributed by atoms with Crippen LogP contribution in [0.15, 0.2) is 12.2 Å². The first-order chi connectivity index (χ1) is 8.15.